The highest BCUT2D eigenvalue weighted by Gasteiger charge is 2.24. The van der Waals surface area contributed by atoms with Gasteiger partial charge >= 0.3 is 0 Å². The lowest BCUT2D eigenvalue weighted by Crippen LogP contribution is -2.50. The number of aromatic nitrogens is 4. The summed E-state index contributed by atoms with van der Waals surface area (Å²) < 4.78 is 0. The zero-order chi connectivity index (χ0) is 19.0. The van der Waals surface area contributed by atoms with Crippen LogP contribution in [-0.2, 0) is 4.79 Å². The molecule has 3 aromatic rings. The van der Waals surface area contributed by atoms with Gasteiger partial charge < -0.3 is 20.5 Å². The van der Waals surface area contributed by atoms with Crippen molar-refractivity contribution in [3.8, 4) is 11.5 Å². The van der Waals surface area contributed by atoms with E-state index in [1.807, 2.05) is 43.0 Å². The summed E-state index contributed by atoms with van der Waals surface area (Å²) in [6.45, 7) is 6.67. The Hall–Kier alpha value is -3.16. The van der Waals surface area contributed by atoms with Gasteiger partial charge in [-0.2, -0.15) is 0 Å². The van der Waals surface area contributed by atoms with Gasteiger partial charge in [0.15, 0.2) is 17.3 Å². The SMILES string of the molecule is CC(C)C(=O)N1CCN(c2cnc(N)c(-c3nc4ccccc4[nH]3)n2)CC1.[HH].[HH]. The lowest BCUT2D eigenvalue weighted by Gasteiger charge is -2.36. The summed E-state index contributed by atoms with van der Waals surface area (Å²) in [7, 11) is 0. The lowest BCUT2D eigenvalue weighted by atomic mass is 10.1. The summed E-state index contributed by atoms with van der Waals surface area (Å²) >= 11 is 0. The van der Waals surface area contributed by atoms with Crippen LogP contribution in [0.3, 0.4) is 0 Å². The number of aromatic amines is 1. The molecule has 0 radical (unpaired) electrons. The highest BCUT2D eigenvalue weighted by atomic mass is 16.2. The molecule has 4 rings (SSSR count). The summed E-state index contributed by atoms with van der Waals surface area (Å²) in [5.41, 5.74) is 8.40. The molecule has 8 nitrogen and oxygen atoms in total. The summed E-state index contributed by atoms with van der Waals surface area (Å²) in [4.78, 5) is 33.0. The number of H-pyrrole nitrogens is 1. The fourth-order valence-corrected chi connectivity index (χ4v) is 3.30. The van der Waals surface area contributed by atoms with Gasteiger partial charge in [0.1, 0.15) is 5.82 Å². The molecule has 0 unspecified atom stereocenters. The maximum absolute atomic E-state index is 12.2. The maximum Gasteiger partial charge on any atom is 0.225 e. The Kier molecular flexibility index (Phi) is 4.39. The van der Waals surface area contributed by atoms with Gasteiger partial charge in [-0.15, -0.1) is 0 Å². The number of rotatable bonds is 3. The molecule has 0 atom stereocenters. The Labute approximate surface area is 160 Å². The van der Waals surface area contributed by atoms with Gasteiger partial charge in [0.2, 0.25) is 5.91 Å². The molecule has 8 heteroatoms. The van der Waals surface area contributed by atoms with Gasteiger partial charge in [-0.05, 0) is 12.1 Å². The van der Waals surface area contributed by atoms with E-state index in [-0.39, 0.29) is 14.7 Å². The fourth-order valence-electron chi connectivity index (χ4n) is 3.30. The molecule has 1 amide bonds. The zero-order valence-corrected chi connectivity index (χ0v) is 15.5. The van der Waals surface area contributed by atoms with Gasteiger partial charge in [0, 0.05) is 35.0 Å². The molecule has 144 valence electrons. The molecule has 1 saturated heterocycles. The molecule has 0 bridgehead atoms. The molecule has 27 heavy (non-hydrogen) atoms. The Morgan fingerprint density at radius 3 is 2.63 bits per heavy atom. The maximum atomic E-state index is 12.2. The molecule has 3 heterocycles. The van der Waals surface area contributed by atoms with E-state index in [0.717, 1.165) is 29.9 Å². The molecule has 0 aliphatic carbocycles. The van der Waals surface area contributed by atoms with Crippen LogP contribution in [0.5, 0.6) is 0 Å². The number of imidazole rings is 1. The number of nitrogen functional groups attached to an aromatic ring is 1. The molecular weight excluding hydrogens is 342 g/mol. The third-order valence-corrected chi connectivity index (χ3v) is 4.81. The molecule has 1 aromatic carbocycles. The number of piperazine rings is 1. The first-order valence-electron chi connectivity index (χ1n) is 9.14. The van der Waals surface area contributed by atoms with Crippen molar-refractivity contribution in [1.29, 1.82) is 0 Å². The van der Waals surface area contributed by atoms with Crippen LogP contribution in [-0.4, -0.2) is 56.9 Å². The zero-order valence-electron chi connectivity index (χ0n) is 15.5. The van der Waals surface area contributed by atoms with Crippen LogP contribution in [0.4, 0.5) is 11.6 Å². The van der Waals surface area contributed by atoms with Crippen molar-refractivity contribution in [3.05, 3.63) is 30.5 Å². The van der Waals surface area contributed by atoms with Crippen LogP contribution >= 0.6 is 0 Å². The van der Waals surface area contributed by atoms with Gasteiger partial charge in [-0.1, -0.05) is 26.0 Å². The minimum Gasteiger partial charge on any atom is -0.382 e. The quantitative estimate of drug-likeness (QED) is 0.735. The molecule has 1 aliphatic rings. The van der Waals surface area contributed by atoms with Crippen molar-refractivity contribution >= 4 is 28.6 Å². The van der Waals surface area contributed by atoms with Crippen LogP contribution in [0.2, 0.25) is 0 Å². The lowest BCUT2D eigenvalue weighted by molar-refractivity contribution is -0.134. The van der Waals surface area contributed by atoms with E-state index >= 15 is 0 Å². The number of nitrogens with zero attached hydrogens (tertiary/aromatic N) is 5. The average molecular weight is 369 g/mol. The molecule has 2 aromatic heterocycles. The second kappa shape index (κ2) is 6.86. The smallest absolute Gasteiger partial charge is 0.225 e. The number of nitrogens with one attached hydrogen (secondary N) is 1. The van der Waals surface area contributed by atoms with Gasteiger partial charge in [0.25, 0.3) is 0 Å². The number of anilines is 2. The number of nitrogens with two attached hydrogens (primary N) is 1. The topological polar surface area (TPSA) is 104 Å². The molecule has 1 aliphatic heterocycles. The molecular formula is C19H27N7O. The average Bonchev–Trinajstić information content (AvgIpc) is 3.12. The summed E-state index contributed by atoms with van der Waals surface area (Å²) in [6, 6.07) is 7.79. The number of amides is 1. The van der Waals surface area contributed by atoms with Crippen LogP contribution in [0.15, 0.2) is 30.5 Å². The minimum absolute atomic E-state index is 0. The Morgan fingerprint density at radius 2 is 1.93 bits per heavy atom. The molecule has 0 saturated carbocycles. The van der Waals surface area contributed by atoms with Crippen LogP contribution < -0.4 is 10.6 Å². The number of hydrogen-bond acceptors (Lipinski definition) is 6. The Balaban J connectivity index is 0.00000150. The van der Waals surface area contributed by atoms with Crippen molar-refractivity contribution in [3.63, 3.8) is 0 Å². The van der Waals surface area contributed by atoms with Crippen molar-refractivity contribution < 1.29 is 7.65 Å². The summed E-state index contributed by atoms with van der Waals surface area (Å²) in [6.07, 6.45) is 1.68. The first-order valence-corrected chi connectivity index (χ1v) is 9.14. The highest BCUT2D eigenvalue weighted by molar-refractivity contribution is 5.81. The Bertz CT molecular complexity index is 951. The van der Waals surface area contributed by atoms with E-state index in [9.17, 15) is 4.79 Å². The number of benzene rings is 1. The van der Waals surface area contributed by atoms with Crippen molar-refractivity contribution in [2.75, 3.05) is 36.8 Å². The molecule has 0 spiro atoms. The number of hydrogen-bond donors (Lipinski definition) is 2. The van der Waals surface area contributed by atoms with E-state index in [1.54, 1.807) is 6.20 Å². The third kappa shape index (κ3) is 3.30. The second-order valence-corrected chi connectivity index (χ2v) is 7.03. The number of carbonyl (C=O) groups is 1. The van der Waals surface area contributed by atoms with E-state index in [2.05, 4.69) is 19.9 Å². The third-order valence-electron chi connectivity index (χ3n) is 4.81. The highest BCUT2D eigenvalue weighted by Crippen LogP contribution is 2.25. The molecule has 1 fully saturated rings. The van der Waals surface area contributed by atoms with Gasteiger partial charge in [-0.25, -0.2) is 15.0 Å². The van der Waals surface area contributed by atoms with E-state index < -0.39 is 0 Å². The van der Waals surface area contributed by atoms with Gasteiger partial charge in [0.05, 0.1) is 17.2 Å². The summed E-state index contributed by atoms with van der Waals surface area (Å²) in [5, 5.41) is 0. The van der Waals surface area contributed by atoms with Crippen molar-refractivity contribution in [2.24, 2.45) is 5.92 Å². The first kappa shape index (κ1) is 17.3. The van der Waals surface area contributed by atoms with E-state index in [4.69, 9.17) is 10.7 Å². The fraction of sp³-hybridized carbons (Fsp3) is 0.368. The monoisotopic (exact) mass is 369 g/mol. The van der Waals surface area contributed by atoms with Gasteiger partial charge in [-0.3, -0.25) is 4.79 Å². The predicted molar refractivity (Wildman–Crippen MR) is 109 cm³/mol. The van der Waals surface area contributed by atoms with Crippen LogP contribution in [0, 0.1) is 5.92 Å². The van der Waals surface area contributed by atoms with Crippen molar-refractivity contribution in [2.45, 2.75) is 13.8 Å². The standard InChI is InChI=1S/C19H23N7O.2H2/c1-12(2)19(27)26-9-7-25(8-10-26)15-11-21-17(20)16(24-15)18-22-13-5-3-4-6-14(13)23-18;;/h3-6,11-12H,7-10H2,1-2H3,(H2,20,21)(H,22,23);2*1H. The van der Waals surface area contributed by atoms with Crippen LogP contribution in [0.1, 0.15) is 16.7 Å². The largest absolute Gasteiger partial charge is 0.382 e. The van der Waals surface area contributed by atoms with Crippen LogP contribution in [0.25, 0.3) is 22.6 Å². The Morgan fingerprint density at radius 1 is 1.19 bits per heavy atom. The summed E-state index contributed by atoms with van der Waals surface area (Å²) in [5.74, 6) is 1.91. The van der Waals surface area contributed by atoms with E-state index in [0.29, 0.717) is 30.4 Å². The minimum atomic E-state index is 0. The second-order valence-electron chi connectivity index (χ2n) is 7.03. The number of fused-ring (bicyclic) bond motifs is 1. The normalized spacial score (nSPS) is 14.9. The first-order chi connectivity index (χ1) is 13.0. The number of carbonyl (C=O) groups excluding carboxylic acids is 1. The molecule has 3 N–H and O–H groups in total. The number of para-hydroxylation sites is 2. The van der Waals surface area contributed by atoms with Crippen molar-refractivity contribution in [1.82, 2.24) is 24.8 Å². The van der Waals surface area contributed by atoms with E-state index in [1.165, 1.54) is 0 Å². The predicted octanol–water partition coefficient (Wildman–Crippen LogP) is 2.40.